The minimum Gasteiger partial charge on any atom is -0.347 e. The van der Waals surface area contributed by atoms with Crippen LogP contribution in [0.1, 0.15) is 32.2 Å². The molecular weight excluding hydrogens is 397 g/mol. The van der Waals surface area contributed by atoms with Crippen LogP contribution in [0.2, 0.25) is 0 Å². The van der Waals surface area contributed by atoms with Gasteiger partial charge in [-0.2, -0.15) is 5.10 Å². The van der Waals surface area contributed by atoms with Gasteiger partial charge in [0.05, 0.1) is 22.0 Å². The molecule has 150 valence electrons. The number of rotatable bonds is 4. The standard InChI is InChI=1S/C24H20FN3OS/c1-15-22-20(28(27-15)19-5-3-2-4-6-19)12-9-17-13-21(30-23(17)22)24(29)26-14-16-7-10-18(25)11-8-16/h2-8,10-11,13H,9,12,14H2,1H3,(H,26,29). The average molecular weight is 418 g/mol. The van der Waals surface area contributed by atoms with Crippen molar-refractivity contribution < 1.29 is 9.18 Å². The second-order valence-corrected chi connectivity index (χ2v) is 8.48. The molecule has 4 nitrogen and oxygen atoms in total. The number of nitrogens with one attached hydrogen (secondary N) is 1. The van der Waals surface area contributed by atoms with Crippen LogP contribution < -0.4 is 5.32 Å². The number of nitrogens with zero attached hydrogens (tertiary/aromatic N) is 2. The van der Waals surface area contributed by atoms with Crippen LogP contribution in [-0.4, -0.2) is 15.7 Å². The van der Waals surface area contributed by atoms with Crippen LogP contribution in [0.25, 0.3) is 16.1 Å². The highest BCUT2D eigenvalue weighted by Crippen LogP contribution is 2.42. The Morgan fingerprint density at radius 1 is 1.13 bits per heavy atom. The Labute approximate surface area is 178 Å². The predicted octanol–water partition coefficient (Wildman–Crippen LogP) is 5.08. The van der Waals surface area contributed by atoms with E-state index in [1.807, 2.05) is 35.9 Å². The maximum atomic E-state index is 13.1. The Kier molecular flexibility index (Phi) is 4.71. The number of hydrogen-bond acceptors (Lipinski definition) is 3. The SMILES string of the molecule is Cc1nn(-c2ccccc2)c2c1-c1sc(C(=O)NCc3ccc(F)cc3)cc1CC2. The minimum absolute atomic E-state index is 0.103. The molecule has 0 unspecified atom stereocenters. The first kappa shape index (κ1) is 18.8. The van der Waals surface area contributed by atoms with Gasteiger partial charge in [-0.3, -0.25) is 4.79 Å². The number of fused-ring (bicyclic) bond motifs is 3. The van der Waals surface area contributed by atoms with Crippen LogP contribution in [-0.2, 0) is 19.4 Å². The smallest absolute Gasteiger partial charge is 0.261 e. The van der Waals surface area contributed by atoms with Crippen LogP contribution >= 0.6 is 11.3 Å². The molecule has 5 rings (SSSR count). The first-order valence-electron chi connectivity index (χ1n) is 9.90. The summed E-state index contributed by atoms with van der Waals surface area (Å²) in [7, 11) is 0. The Morgan fingerprint density at radius 2 is 1.90 bits per heavy atom. The zero-order valence-electron chi connectivity index (χ0n) is 16.5. The van der Waals surface area contributed by atoms with Gasteiger partial charge in [-0.15, -0.1) is 11.3 Å². The largest absolute Gasteiger partial charge is 0.347 e. The Bertz CT molecular complexity index is 1230. The molecule has 0 spiro atoms. The summed E-state index contributed by atoms with van der Waals surface area (Å²) in [5, 5.41) is 7.73. The quantitative estimate of drug-likeness (QED) is 0.504. The highest BCUT2D eigenvalue weighted by molar-refractivity contribution is 7.17. The van der Waals surface area contributed by atoms with E-state index in [1.54, 1.807) is 12.1 Å². The molecule has 0 fully saturated rings. The van der Waals surface area contributed by atoms with E-state index in [1.165, 1.54) is 34.7 Å². The van der Waals surface area contributed by atoms with Crippen molar-refractivity contribution in [3.8, 4) is 16.1 Å². The summed E-state index contributed by atoms with van der Waals surface area (Å²) in [5.74, 6) is -0.383. The van der Waals surface area contributed by atoms with Gasteiger partial charge in [0.2, 0.25) is 0 Å². The number of thiophene rings is 1. The fourth-order valence-corrected chi connectivity index (χ4v) is 5.19. The normalized spacial score (nSPS) is 12.3. The Hall–Kier alpha value is -3.25. The molecule has 0 saturated carbocycles. The van der Waals surface area contributed by atoms with Crippen molar-refractivity contribution in [1.29, 1.82) is 0 Å². The molecule has 1 aliphatic rings. The van der Waals surface area contributed by atoms with Crippen molar-refractivity contribution in [3.05, 3.63) is 93.9 Å². The highest BCUT2D eigenvalue weighted by Gasteiger charge is 2.27. The number of carbonyl (C=O) groups excluding carboxylic acids is 1. The van der Waals surface area contributed by atoms with Gasteiger partial charge in [0, 0.05) is 17.0 Å². The van der Waals surface area contributed by atoms with E-state index < -0.39 is 0 Å². The molecule has 1 aliphatic carbocycles. The van der Waals surface area contributed by atoms with Crippen LogP contribution in [0.3, 0.4) is 0 Å². The lowest BCUT2D eigenvalue weighted by Crippen LogP contribution is -2.21. The van der Waals surface area contributed by atoms with E-state index in [2.05, 4.69) is 17.4 Å². The molecule has 0 aliphatic heterocycles. The number of halogens is 1. The van der Waals surface area contributed by atoms with Crippen LogP contribution in [0.5, 0.6) is 0 Å². The molecule has 4 aromatic rings. The second-order valence-electron chi connectivity index (χ2n) is 7.43. The lowest BCUT2D eigenvalue weighted by Gasteiger charge is -2.14. The summed E-state index contributed by atoms with van der Waals surface area (Å²) in [6.45, 7) is 2.40. The van der Waals surface area contributed by atoms with E-state index >= 15 is 0 Å². The number of benzene rings is 2. The van der Waals surface area contributed by atoms with Crippen molar-refractivity contribution in [2.75, 3.05) is 0 Å². The van der Waals surface area contributed by atoms with Gasteiger partial charge in [0.15, 0.2) is 0 Å². The van der Waals surface area contributed by atoms with Gasteiger partial charge < -0.3 is 5.32 Å². The molecule has 2 aromatic carbocycles. The molecule has 0 saturated heterocycles. The third-order valence-corrected chi connectivity index (χ3v) is 6.61. The first-order valence-corrected chi connectivity index (χ1v) is 10.7. The summed E-state index contributed by atoms with van der Waals surface area (Å²) < 4.78 is 15.1. The van der Waals surface area contributed by atoms with Gasteiger partial charge in [-0.05, 0) is 61.2 Å². The maximum absolute atomic E-state index is 13.1. The molecular formula is C24H20FN3OS. The monoisotopic (exact) mass is 417 g/mol. The first-order chi connectivity index (χ1) is 14.6. The highest BCUT2D eigenvalue weighted by atomic mass is 32.1. The third kappa shape index (κ3) is 3.33. The van der Waals surface area contributed by atoms with E-state index in [0.717, 1.165) is 40.2 Å². The fourth-order valence-electron chi connectivity index (χ4n) is 3.95. The van der Waals surface area contributed by atoms with Crippen molar-refractivity contribution in [1.82, 2.24) is 15.1 Å². The van der Waals surface area contributed by atoms with Gasteiger partial charge >= 0.3 is 0 Å². The number of aryl methyl sites for hydroxylation is 2. The van der Waals surface area contributed by atoms with Crippen LogP contribution in [0.4, 0.5) is 4.39 Å². The van der Waals surface area contributed by atoms with E-state index in [-0.39, 0.29) is 11.7 Å². The summed E-state index contributed by atoms with van der Waals surface area (Å²) >= 11 is 1.52. The van der Waals surface area contributed by atoms with Gasteiger partial charge in [0.25, 0.3) is 5.91 Å². The minimum atomic E-state index is -0.279. The lowest BCUT2D eigenvalue weighted by molar-refractivity contribution is 0.0955. The lowest BCUT2D eigenvalue weighted by atomic mass is 9.95. The zero-order chi connectivity index (χ0) is 20.7. The summed E-state index contributed by atoms with van der Waals surface area (Å²) in [6.07, 6.45) is 1.79. The molecule has 0 bridgehead atoms. The molecule has 6 heteroatoms. The fraction of sp³-hybridized carbons (Fsp3) is 0.167. The predicted molar refractivity (Wildman–Crippen MR) is 117 cm³/mol. The number of hydrogen-bond donors (Lipinski definition) is 1. The van der Waals surface area contributed by atoms with Gasteiger partial charge in [0.1, 0.15) is 5.82 Å². The third-order valence-electron chi connectivity index (χ3n) is 5.41. The topological polar surface area (TPSA) is 46.9 Å². The Morgan fingerprint density at radius 3 is 2.67 bits per heavy atom. The number of aromatic nitrogens is 2. The van der Waals surface area contributed by atoms with Crippen molar-refractivity contribution in [3.63, 3.8) is 0 Å². The average Bonchev–Trinajstić information content (AvgIpc) is 3.35. The maximum Gasteiger partial charge on any atom is 0.261 e. The summed E-state index contributed by atoms with van der Waals surface area (Å²) in [5.41, 5.74) is 6.46. The number of carbonyl (C=O) groups is 1. The van der Waals surface area contributed by atoms with Crippen molar-refractivity contribution in [2.24, 2.45) is 0 Å². The molecule has 1 amide bonds. The second kappa shape index (κ2) is 7.54. The number of para-hydroxylation sites is 1. The van der Waals surface area contributed by atoms with E-state index in [9.17, 15) is 9.18 Å². The molecule has 2 heterocycles. The van der Waals surface area contributed by atoms with Crippen molar-refractivity contribution >= 4 is 17.2 Å². The van der Waals surface area contributed by atoms with Gasteiger partial charge in [-0.1, -0.05) is 30.3 Å². The van der Waals surface area contributed by atoms with E-state index in [0.29, 0.717) is 11.4 Å². The molecule has 1 N–H and O–H groups in total. The van der Waals surface area contributed by atoms with Gasteiger partial charge in [-0.25, -0.2) is 9.07 Å². The van der Waals surface area contributed by atoms with E-state index in [4.69, 9.17) is 5.10 Å². The molecule has 30 heavy (non-hydrogen) atoms. The van der Waals surface area contributed by atoms with Crippen molar-refractivity contribution in [2.45, 2.75) is 26.3 Å². The molecule has 0 radical (unpaired) electrons. The summed E-state index contributed by atoms with van der Waals surface area (Å²) in [6, 6.07) is 18.3. The zero-order valence-corrected chi connectivity index (χ0v) is 17.3. The molecule has 2 aromatic heterocycles. The number of amides is 1. The summed E-state index contributed by atoms with van der Waals surface area (Å²) in [4.78, 5) is 14.6. The van der Waals surface area contributed by atoms with Crippen LogP contribution in [0, 0.1) is 12.7 Å². The van der Waals surface area contributed by atoms with Crippen LogP contribution in [0.15, 0.2) is 60.7 Å². The Balaban J connectivity index is 1.42. The molecule has 0 atom stereocenters.